The Kier molecular flexibility index (Phi) is 5.31. The summed E-state index contributed by atoms with van der Waals surface area (Å²) in [6, 6.07) is 13.1. The van der Waals surface area contributed by atoms with Crippen molar-refractivity contribution < 1.29 is 13.9 Å². The number of pyridine rings is 1. The summed E-state index contributed by atoms with van der Waals surface area (Å²) in [5.41, 5.74) is 1.81. The van der Waals surface area contributed by atoms with Crippen molar-refractivity contribution in [1.82, 2.24) is 14.8 Å². The largest absolute Gasteiger partial charge is 0.497 e. The molecule has 3 aromatic rings. The van der Waals surface area contributed by atoms with Gasteiger partial charge in [0.25, 0.3) is 11.5 Å². The summed E-state index contributed by atoms with van der Waals surface area (Å²) in [7, 11) is 1.59. The average Bonchev–Trinajstić information content (AvgIpc) is 2.74. The molecule has 150 valence electrons. The number of halogens is 1. The number of ether oxygens (including phenoxy) is 1. The van der Waals surface area contributed by atoms with Crippen LogP contribution in [0, 0.1) is 5.82 Å². The van der Waals surface area contributed by atoms with Gasteiger partial charge in [-0.05, 0) is 47.9 Å². The lowest BCUT2D eigenvalue weighted by Crippen LogP contribution is -2.48. The first-order chi connectivity index (χ1) is 14.0. The van der Waals surface area contributed by atoms with Crippen molar-refractivity contribution in [2.45, 2.75) is 6.54 Å². The predicted octanol–water partition coefficient (Wildman–Crippen LogP) is 2.63. The van der Waals surface area contributed by atoms with E-state index in [1.54, 1.807) is 18.1 Å². The van der Waals surface area contributed by atoms with Crippen LogP contribution >= 0.6 is 0 Å². The highest BCUT2D eigenvalue weighted by atomic mass is 19.1. The third-order valence-corrected chi connectivity index (χ3v) is 5.27. The molecule has 0 atom stereocenters. The highest BCUT2D eigenvalue weighted by molar-refractivity contribution is 5.94. The number of H-pyrrole nitrogens is 1. The second-order valence-electron chi connectivity index (χ2n) is 7.15. The Bertz CT molecular complexity index is 1090. The van der Waals surface area contributed by atoms with Crippen LogP contribution in [0.3, 0.4) is 0 Å². The second-order valence-corrected chi connectivity index (χ2v) is 7.15. The molecule has 2 heterocycles. The number of rotatable bonds is 4. The summed E-state index contributed by atoms with van der Waals surface area (Å²) in [4.78, 5) is 31.9. The molecule has 0 radical (unpaired) electrons. The fraction of sp³-hybridized carbons (Fsp3) is 0.273. The number of carbonyl (C=O) groups excluding carboxylic acids is 1. The topological polar surface area (TPSA) is 65.6 Å². The maximum absolute atomic E-state index is 13.1. The maximum Gasteiger partial charge on any atom is 0.253 e. The molecular formula is C22H22FN3O3. The number of fused-ring (bicyclic) bond motifs is 1. The first-order valence-electron chi connectivity index (χ1n) is 9.50. The van der Waals surface area contributed by atoms with Gasteiger partial charge in [0.1, 0.15) is 11.6 Å². The number of piperazine rings is 1. The van der Waals surface area contributed by atoms with E-state index in [4.69, 9.17) is 4.74 Å². The van der Waals surface area contributed by atoms with Crippen LogP contribution in [0.4, 0.5) is 4.39 Å². The Balaban J connectivity index is 1.41. The standard InChI is InChI=1S/C22H22FN3O3/c1-29-19-7-4-16-12-17(21(27)24-20(16)13-19)14-25-8-10-26(11-9-25)22(28)15-2-5-18(23)6-3-15/h2-7,12-13H,8-11,14H2,1H3,(H,24,27). The van der Waals surface area contributed by atoms with Crippen molar-refractivity contribution in [2.24, 2.45) is 0 Å². The number of aromatic amines is 1. The molecule has 1 N–H and O–H groups in total. The summed E-state index contributed by atoms with van der Waals surface area (Å²) in [6.45, 7) is 3.01. The monoisotopic (exact) mass is 395 g/mol. The third kappa shape index (κ3) is 4.14. The van der Waals surface area contributed by atoms with Crippen molar-refractivity contribution in [3.8, 4) is 5.75 Å². The van der Waals surface area contributed by atoms with E-state index in [-0.39, 0.29) is 17.3 Å². The van der Waals surface area contributed by atoms with Gasteiger partial charge < -0.3 is 14.6 Å². The summed E-state index contributed by atoms with van der Waals surface area (Å²) in [5, 5.41) is 0.950. The molecule has 0 bridgehead atoms. The minimum atomic E-state index is -0.356. The minimum Gasteiger partial charge on any atom is -0.497 e. The summed E-state index contributed by atoms with van der Waals surface area (Å²) < 4.78 is 18.3. The molecule has 1 amide bonds. The van der Waals surface area contributed by atoms with Crippen molar-refractivity contribution >= 4 is 16.8 Å². The number of methoxy groups -OCH3 is 1. The molecule has 1 aromatic heterocycles. The van der Waals surface area contributed by atoms with Crippen molar-refractivity contribution in [2.75, 3.05) is 33.3 Å². The highest BCUT2D eigenvalue weighted by Crippen LogP contribution is 2.19. The second kappa shape index (κ2) is 8.05. The molecule has 6 nitrogen and oxygen atoms in total. The molecule has 1 fully saturated rings. The van der Waals surface area contributed by atoms with Crippen molar-refractivity contribution in [1.29, 1.82) is 0 Å². The Morgan fingerprint density at radius 3 is 2.48 bits per heavy atom. The zero-order valence-corrected chi connectivity index (χ0v) is 16.2. The van der Waals surface area contributed by atoms with Gasteiger partial charge in [-0.15, -0.1) is 0 Å². The summed E-state index contributed by atoms with van der Waals surface area (Å²) >= 11 is 0. The van der Waals surface area contributed by atoms with Crippen molar-refractivity contribution in [3.63, 3.8) is 0 Å². The number of carbonyl (C=O) groups is 1. The van der Waals surface area contributed by atoms with E-state index in [0.29, 0.717) is 49.6 Å². The number of benzene rings is 2. The van der Waals surface area contributed by atoms with E-state index in [1.807, 2.05) is 18.2 Å². The zero-order chi connectivity index (χ0) is 20.4. The molecule has 7 heteroatoms. The van der Waals surface area contributed by atoms with Gasteiger partial charge in [0.05, 0.1) is 12.6 Å². The number of nitrogens with one attached hydrogen (secondary N) is 1. The Hall–Kier alpha value is -3.19. The number of amides is 1. The fourth-order valence-corrected chi connectivity index (χ4v) is 3.59. The van der Waals surface area contributed by atoms with Crippen LogP contribution in [0.15, 0.2) is 53.3 Å². The van der Waals surface area contributed by atoms with E-state index in [9.17, 15) is 14.0 Å². The average molecular weight is 395 g/mol. The van der Waals surface area contributed by atoms with Gasteiger partial charge >= 0.3 is 0 Å². The van der Waals surface area contributed by atoms with E-state index in [1.165, 1.54) is 24.3 Å². The van der Waals surface area contributed by atoms with Gasteiger partial charge in [-0.2, -0.15) is 0 Å². The Morgan fingerprint density at radius 1 is 1.07 bits per heavy atom. The normalized spacial score (nSPS) is 14.9. The van der Waals surface area contributed by atoms with Gasteiger partial charge in [-0.1, -0.05) is 0 Å². The maximum atomic E-state index is 13.1. The molecule has 0 spiro atoms. The first kappa shape index (κ1) is 19.1. The molecule has 4 rings (SSSR count). The van der Waals surface area contributed by atoms with Crippen LogP contribution in [0.1, 0.15) is 15.9 Å². The first-order valence-corrected chi connectivity index (χ1v) is 9.50. The van der Waals surface area contributed by atoms with Crippen LogP contribution in [-0.4, -0.2) is 54.0 Å². The van der Waals surface area contributed by atoms with Crippen LogP contribution < -0.4 is 10.3 Å². The third-order valence-electron chi connectivity index (χ3n) is 5.27. The molecule has 29 heavy (non-hydrogen) atoms. The van der Waals surface area contributed by atoms with Gasteiger partial charge in [0, 0.05) is 49.9 Å². The van der Waals surface area contributed by atoms with E-state index >= 15 is 0 Å². The van der Waals surface area contributed by atoms with Gasteiger partial charge in [-0.3, -0.25) is 14.5 Å². The molecule has 1 aliphatic rings. The number of nitrogens with zero attached hydrogens (tertiary/aromatic N) is 2. The number of aromatic nitrogens is 1. The number of hydrogen-bond acceptors (Lipinski definition) is 4. The van der Waals surface area contributed by atoms with Crippen LogP contribution in [0.2, 0.25) is 0 Å². The van der Waals surface area contributed by atoms with Gasteiger partial charge in [-0.25, -0.2) is 4.39 Å². The fourth-order valence-electron chi connectivity index (χ4n) is 3.59. The predicted molar refractivity (Wildman–Crippen MR) is 109 cm³/mol. The van der Waals surface area contributed by atoms with Crippen molar-refractivity contribution in [3.05, 3.63) is 75.8 Å². The number of hydrogen-bond donors (Lipinski definition) is 1. The molecule has 0 unspecified atom stereocenters. The van der Waals surface area contributed by atoms with Gasteiger partial charge in [0.15, 0.2) is 0 Å². The summed E-state index contributed by atoms with van der Waals surface area (Å²) in [6.07, 6.45) is 0. The minimum absolute atomic E-state index is 0.0952. The van der Waals surface area contributed by atoms with E-state index < -0.39 is 0 Å². The molecule has 2 aromatic carbocycles. The van der Waals surface area contributed by atoms with E-state index in [0.717, 1.165) is 10.9 Å². The lowest BCUT2D eigenvalue weighted by molar-refractivity contribution is 0.0628. The van der Waals surface area contributed by atoms with Crippen LogP contribution in [0.5, 0.6) is 5.75 Å². The molecule has 0 aliphatic carbocycles. The highest BCUT2D eigenvalue weighted by Gasteiger charge is 2.22. The summed E-state index contributed by atoms with van der Waals surface area (Å²) in [5.74, 6) is 0.246. The van der Waals surface area contributed by atoms with Crippen LogP contribution in [-0.2, 0) is 6.54 Å². The zero-order valence-electron chi connectivity index (χ0n) is 16.2. The lowest BCUT2D eigenvalue weighted by Gasteiger charge is -2.34. The van der Waals surface area contributed by atoms with Crippen LogP contribution in [0.25, 0.3) is 10.9 Å². The lowest BCUT2D eigenvalue weighted by atomic mass is 10.1. The Labute approximate surface area is 167 Å². The smallest absolute Gasteiger partial charge is 0.253 e. The molecular weight excluding hydrogens is 373 g/mol. The quantitative estimate of drug-likeness (QED) is 0.738. The molecule has 1 aliphatic heterocycles. The van der Waals surface area contributed by atoms with E-state index in [2.05, 4.69) is 9.88 Å². The van der Waals surface area contributed by atoms with Gasteiger partial charge in [0.2, 0.25) is 0 Å². The molecule has 1 saturated heterocycles. The molecule has 0 saturated carbocycles. The Morgan fingerprint density at radius 2 is 1.79 bits per heavy atom. The SMILES string of the molecule is COc1ccc2cc(CN3CCN(C(=O)c4ccc(F)cc4)CC3)c(=O)[nH]c2c1.